The van der Waals surface area contributed by atoms with Gasteiger partial charge >= 0.3 is 5.97 Å². The van der Waals surface area contributed by atoms with Crippen molar-refractivity contribution in [3.05, 3.63) is 21.3 Å². The molecule has 0 spiro atoms. The van der Waals surface area contributed by atoms with E-state index in [9.17, 15) is 9.90 Å². The molecule has 0 amide bonds. The van der Waals surface area contributed by atoms with Gasteiger partial charge < -0.3 is 15.9 Å². The van der Waals surface area contributed by atoms with Crippen LogP contribution in [0.2, 0.25) is 4.34 Å². The lowest BCUT2D eigenvalue weighted by molar-refractivity contribution is -0.141. The van der Waals surface area contributed by atoms with Crippen LogP contribution >= 0.6 is 22.9 Å². The van der Waals surface area contributed by atoms with Gasteiger partial charge in [-0.2, -0.15) is 0 Å². The summed E-state index contributed by atoms with van der Waals surface area (Å²) in [5, 5.41) is 17.9. The topological polar surface area (TPSA) is 83.6 Å². The SMILES string of the molecule is N[C@H](C(=O)O)C(O)c1ccc(Cl)s1. The number of carboxylic acids is 1. The molecule has 0 fully saturated rings. The molecule has 2 atom stereocenters. The van der Waals surface area contributed by atoms with Crippen LogP contribution in [-0.2, 0) is 4.79 Å². The fourth-order valence-corrected chi connectivity index (χ4v) is 1.89. The maximum Gasteiger partial charge on any atom is 0.323 e. The molecule has 4 nitrogen and oxygen atoms in total. The van der Waals surface area contributed by atoms with Crippen LogP contribution in [0.4, 0.5) is 0 Å². The number of nitrogens with two attached hydrogens (primary N) is 1. The first-order valence-electron chi connectivity index (χ1n) is 3.44. The Morgan fingerprint density at radius 1 is 1.62 bits per heavy atom. The average molecular weight is 222 g/mol. The van der Waals surface area contributed by atoms with Crippen LogP contribution in [0.25, 0.3) is 0 Å². The van der Waals surface area contributed by atoms with E-state index in [0.29, 0.717) is 9.21 Å². The molecule has 0 saturated heterocycles. The summed E-state index contributed by atoms with van der Waals surface area (Å²) in [5.74, 6) is -1.24. The van der Waals surface area contributed by atoms with Gasteiger partial charge in [0.05, 0.1) is 4.34 Å². The number of hydrogen-bond donors (Lipinski definition) is 3. The number of halogens is 1. The molecule has 0 radical (unpaired) electrons. The molecule has 0 bridgehead atoms. The lowest BCUT2D eigenvalue weighted by atomic mass is 10.1. The summed E-state index contributed by atoms with van der Waals surface area (Å²) in [5.41, 5.74) is 5.22. The third kappa shape index (κ3) is 2.41. The molecule has 1 unspecified atom stereocenters. The van der Waals surface area contributed by atoms with Crippen molar-refractivity contribution in [1.29, 1.82) is 0 Å². The Labute approximate surface area is 83.6 Å². The lowest BCUT2D eigenvalue weighted by Crippen LogP contribution is -2.36. The summed E-state index contributed by atoms with van der Waals surface area (Å²) in [7, 11) is 0. The van der Waals surface area contributed by atoms with Crippen molar-refractivity contribution < 1.29 is 15.0 Å². The Hall–Kier alpha value is -0.620. The third-order valence-corrected chi connectivity index (χ3v) is 2.81. The first kappa shape index (κ1) is 10.5. The number of carbonyl (C=O) groups is 1. The molecule has 1 heterocycles. The molecule has 0 aliphatic rings. The smallest absolute Gasteiger partial charge is 0.323 e. The van der Waals surface area contributed by atoms with E-state index in [-0.39, 0.29) is 0 Å². The van der Waals surface area contributed by atoms with Crippen molar-refractivity contribution in [3.63, 3.8) is 0 Å². The molecule has 0 aromatic carbocycles. The van der Waals surface area contributed by atoms with E-state index in [0.717, 1.165) is 11.3 Å². The molecule has 0 aliphatic carbocycles. The normalized spacial score (nSPS) is 15.3. The average Bonchev–Trinajstić information content (AvgIpc) is 2.49. The summed E-state index contributed by atoms with van der Waals surface area (Å²) in [6.07, 6.45) is -1.20. The minimum absolute atomic E-state index is 0.458. The lowest BCUT2D eigenvalue weighted by Gasteiger charge is -2.12. The van der Waals surface area contributed by atoms with Gasteiger partial charge in [0.25, 0.3) is 0 Å². The van der Waals surface area contributed by atoms with E-state index >= 15 is 0 Å². The van der Waals surface area contributed by atoms with Crippen LogP contribution in [0.15, 0.2) is 12.1 Å². The van der Waals surface area contributed by atoms with Crippen LogP contribution in [0.1, 0.15) is 11.0 Å². The number of rotatable bonds is 3. The Morgan fingerprint density at radius 3 is 2.62 bits per heavy atom. The van der Waals surface area contributed by atoms with E-state index in [1.54, 1.807) is 12.1 Å². The molecule has 6 heteroatoms. The monoisotopic (exact) mass is 221 g/mol. The molecule has 1 aromatic rings. The molecule has 72 valence electrons. The fourth-order valence-electron chi connectivity index (χ4n) is 0.799. The largest absolute Gasteiger partial charge is 0.480 e. The Kier molecular flexibility index (Phi) is 3.27. The minimum atomic E-state index is -1.31. The number of carboxylic acid groups (broad SMARTS) is 1. The zero-order valence-electron chi connectivity index (χ0n) is 6.48. The summed E-state index contributed by atoms with van der Waals surface area (Å²) in [4.78, 5) is 10.9. The van der Waals surface area contributed by atoms with Gasteiger partial charge in [0.2, 0.25) is 0 Å². The van der Waals surface area contributed by atoms with Gasteiger partial charge in [-0.3, -0.25) is 4.79 Å². The summed E-state index contributed by atoms with van der Waals surface area (Å²) < 4.78 is 0.492. The highest BCUT2D eigenvalue weighted by Gasteiger charge is 2.24. The van der Waals surface area contributed by atoms with Gasteiger partial charge in [-0.1, -0.05) is 11.6 Å². The molecule has 4 N–H and O–H groups in total. The van der Waals surface area contributed by atoms with E-state index < -0.39 is 18.1 Å². The zero-order valence-corrected chi connectivity index (χ0v) is 8.05. The van der Waals surface area contributed by atoms with E-state index in [2.05, 4.69) is 0 Å². The molecule has 1 rings (SSSR count). The van der Waals surface area contributed by atoms with E-state index in [1.807, 2.05) is 0 Å². The molecular weight excluding hydrogens is 214 g/mol. The Morgan fingerprint density at radius 2 is 2.23 bits per heavy atom. The summed E-state index contributed by atoms with van der Waals surface area (Å²) >= 11 is 6.72. The molecule has 1 aromatic heterocycles. The highest BCUT2D eigenvalue weighted by atomic mass is 35.5. The predicted molar refractivity (Wildman–Crippen MR) is 49.9 cm³/mol. The van der Waals surface area contributed by atoms with Gasteiger partial charge in [-0.05, 0) is 12.1 Å². The standard InChI is InChI=1S/C7H8ClNO3S/c8-4-2-1-3(13-4)6(10)5(9)7(11)12/h1-2,5-6,10H,9H2,(H,11,12)/t5-,6?/m0/s1. The quantitative estimate of drug-likeness (QED) is 0.707. The highest BCUT2D eigenvalue weighted by Crippen LogP contribution is 2.28. The number of aliphatic hydroxyl groups excluding tert-OH is 1. The number of hydrogen-bond acceptors (Lipinski definition) is 4. The molecule has 0 saturated carbocycles. The van der Waals surface area contributed by atoms with Gasteiger partial charge in [0.15, 0.2) is 0 Å². The third-order valence-electron chi connectivity index (χ3n) is 1.51. The van der Waals surface area contributed by atoms with Gasteiger partial charge in [-0.25, -0.2) is 0 Å². The Bertz CT molecular complexity index is 314. The first-order valence-corrected chi connectivity index (χ1v) is 4.63. The molecule has 13 heavy (non-hydrogen) atoms. The zero-order chi connectivity index (χ0) is 10.0. The van der Waals surface area contributed by atoms with E-state index in [1.165, 1.54) is 0 Å². The highest BCUT2D eigenvalue weighted by molar-refractivity contribution is 7.16. The van der Waals surface area contributed by atoms with Crippen molar-refractivity contribution in [2.24, 2.45) is 5.73 Å². The van der Waals surface area contributed by atoms with Crippen LogP contribution in [0.3, 0.4) is 0 Å². The van der Waals surface area contributed by atoms with Crippen molar-refractivity contribution in [2.45, 2.75) is 12.1 Å². The summed E-state index contributed by atoms with van der Waals surface area (Å²) in [6, 6.07) is 1.83. The number of aliphatic carboxylic acids is 1. The van der Waals surface area contributed by atoms with Crippen LogP contribution in [0.5, 0.6) is 0 Å². The fraction of sp³-hybridized carbons (Fsp3) is 0.286. The maximum atomic E-state index is 10.4. The van der Waals surface area contributed by atoms with Gasteiger partial charge in [0, 0.05) is 4.88 Å². The van der Waals surface area contributed by atoms with Crippen molar-refractivity contribution in [2.75, 3.05) is 0 Å². The van der Waals surface area contributed by atoms with Crippen LogP contribution in [-0.4, -0.2) is 22.2 Å². The van der Waals surface area contributed by atoms with Crippen molar-refractivity contribution >= 4 is 28.9 Å². The van der Waals surface area contributed by atoms with Crippen molar-refractivity contribution in [3.8, 4) is 0 Å². The van der Waals surface area contributed by atoms with E-state index in [4.69, 9.17) is 22.4 Å². The first-order chi connectivity index (χ1) is 6.02. The Balaban J connectivity index is 2.78. The van der Waals surface area contributed by atoms with Crippen LogP contribution in [0, 0.1) is 0 Å². The van der Waals surface area contributed by atoms with Crippen molar-refractivity contribution in [1.82, 2.24) is 0 Å². The van der Waals surface area contributed by atoms with Gasteiger partial charge in [-0.15, -0.1) is 11.3 Å². The van der Waals surface area contributed by atoms with Crippen LogP contribution < -0.4 is 5.73 Å². The second-order valence-electron chi connectivity index (χ2n) is 2.45. The minimum Gasteiger partial charge on any atom is -0.480 e. The van der Waals surface area contributed by atoms with Gasteiger partial charge in [0.1, 0.15) is 12.1 Å². The maximum absolute atomic E-state index is 10.4. The second kappa shape index (κ2) is 4.06. The number of aliphatic hydroxyl groups is 1. The molecular formula is C7H8ClNO3S. The second-order valence-corrected chi connectivity index (χ2v) is 4.20. The summed E-state index contributed by atoms with van der Waals surface area (Å²) in [6.45, 7) is 0. The predicted octanol–water partition coefficient (Wildman–Crippen LogP) is 0.847. The number of thiophene rings is 1. The molecule has 0 aliphatic heterocycles.